The fourth-order valence-electron chi connectivity index (χ4n) is 1.86. The molecule has 0 aliphatic rings. The molecule has 0 bridgehead atoms. The number of hydrogen-bond donors (Lipinski definition) is 0. The molecule has 0 saturated carbocycles. The van der Waals surface area contributed by atoms with Gasteiger partial charge in [0.15, 0.2) is 0 Å². The molecule has 0 unspecified atom stereocenters. The summed E-state index contributed by atoms with van der Waals surface area (Å²) in [4.78, 5) is 12.4. The zero-order valence-corrected chi connectivity index (χ0v) is 10.7. The molecule has 3 nitrogen and oxygen atoms in total. The smallest absolute Gasteiger partial charge is 0.0889 e. The molecule has 0 radical (unpaired) electrons. The molecule has 0 aliphatic heterocycles. The van der Waals surface area contributed by atoms with E-state index in [-0.39, 0.29) is 0 Å². The van der Waals surface area contributed by atoms with E-state index in [1.807, 2.05) is 36.5 Å². The Balaban J connectivity index is 2.04. The van der Waals surface area contributed by atoms with Crippen molar-refractivity contribution in [1.82, 2.24) is 15.0 Å². The first-order valence-corrected chi connectivity index (χ1v) is 6.19. The number of hydrogen-bond acceptors (Lipinski definition) is 3. The van der Waals surface area contributed by atoms with Gasteiger partial charge in [-0.15, -0.1) is 0 Å². The van der Waals surface area contributed by atoms with Gasteiger partial charge in [0.2, 0.25) is 0 Å². The molecule has 92 valence electrons. The number of nitrogens with zero attached hydrogens (tertiary/aromatic N) is 3. The third-order valence-electron chi connectivity index (χ3n) is 2.81. The topological polar surface area (TPSA) is 38.7 Å². The van der Waals surface area contributed by atoms with Gasteiger partial charge in [-0.25, -0.2) is 0 Å². The summed E-state index contributed by atoms with van der Waals surface area (Å²) < 4.78 is 0. The van der Waals surface area contributed by atoms with E-state index in [9.17, 15) is 0 Å². The molecule has 0 aromatic carbocycles. The molecule has 0 atom stereocenters. The van der Waals surface area contributed by atoms with Crippen molar-refractivity contribution >= 4 is 11.6 Å². The summed E-state index contributed by atoms with van der Waals surface area (Å²) in [5, 5.41) is 0.625. The highest BCUT2D eigenvalue weighted by atomic mass is 35.5. The predicted octanol–water partition coefficient (Wildman–Crippen LogP) is 3.86. The molecule has 19 heavy (non-hydrogen) atoms. The molecule has 0 saturated heterocycles. The summed E-state index contributed by atoms with van der Waals surface area (Å²) in [5.74, 6) is 0. The van der Waals surface area contributed by atoms with Crippen molar-refractivity contribution in [3.05, 3.63) is 66.3 Å². The van der Waals surface area contributed by atoms with Crippen LogP contribution in [0.5, 0.6) is 0 Å². The summed E-state index contributed by atoms with van der Waals surface area (Å²) in [6.07, 6.45) is 8.77. The maximum Gasteiger partial charge on any atom is 0.0889 e. The van der Waals surface area contributed by atoms with Crippen molar-refractivity contribution in [1.29, 1.82) is 0 Å². The van der Waals surface area contributed by atoms with Crippen LogP contribution in [0.1, 0.15) is 0 Å². The van der Waals surface area contributed by atoms with Crippen LogP contribution in [0.3, 0.4) is 0 Å². The lowest BCUT2D eigenvalue weighted by Gasteiger charge is -2.06. The van der Waals surface area contributed by atoms with E-state index < -0.39 is 0 Å². The predicted molar refractivity (Wildman–Crippen MR) is 75.7 cm³/mol. The van der Waals surface area contributed by atoms with Gasteiger partial charge in [-0.1, -0.05) is 11.6 Å². The summed E-state index contributed by atoms with van der Waals surface area (Å²) in [7, 11) is 0. The fourth-order valence-corrected chi connectivity index (χ4v) is 2.14. The van der Waals surface area contributed by atoms with Gasteiger partial charge in [0, 0.05) is 42.1 Å². The summed E-state index contributed by atoms with van der Waals surface area (Å²) in [5.41, 5.74) is 3.75. The Kier molecular flexibility index (Phi) is 3.21. The van der Waals surface area contributed by atoms with Crippen LogP contribution in [0.4, 0.5) is 0 Å². The molecule has 0 spiro atoms. The van der Waals surface area contributed by atoms with Crippen LogP contribution in [0, 0.1) is 0 Å². The molecular weight excluding hydrogens is 258 g/mol. The summed E-state index contributed by atoms with van der Waals surface area (Å²) in [6, 6.07) is 9.55. The van der Waals surface area contributed by atoms with Gasteiger partial charge in [-0.2, -0.15) is 0 Å². The molecule has 3 aromatic heterocycles. The van der Waals surface area contributed by atoms with Crippen molar-refractivity contribution in [3.8, 4) is 22.4 Å². The van der Waals surface area contributed by atoms with Crippen molar-refractivity contribution in [2.75, 3.05) is 0 Å². The van der Waals surface area contributed by atoms with E-state index in [1.165, 1.54) is 0 Å². The lowest BCUT2D eigenvalue weighted by molar-refractivity contribution is 1.28. The molecule has 3 aromatic rings. The lowest BCUT2D eigenvalue weighted by Crippen LogP contribution is -1.87. The molecule has 0 amide bonds. The highest BCUT2D eigenvalue weighted by Gasteiger charge is 2.07. The number of pyridine rings is 3. The van der Waals surface area contributed by atoms with Crippen molar-refractivity contribution in [2.24, 2.45) is 0 Å². The molecular formula is C15H10ClN3. The number of halogens is 1. The summed E-state index contributed by atoms with van der Waals surface area (Å²) in [6.45, 7) is 0. The largest absolute Gasteiger partial charge is 0.265 e. The van der Waals surface area contributed by atoms with Gasteiger partial charge >= 0.3 is 0 Å². The third-order valence-corrected chi connectivity index (χ3v) is 3.10. The van der Waals surface area contributed by atoms with Crippen LogP contribution in [0.15, 0.2) is 61.3 Å². The molecule has 0 fully saturated rings. The minimum atomic E-state index is 0.625. The first kappa shape index (κ1) is 11.8. The highest BCUT2D eigenvalue weighted by molar-refractivity contribution is 6.33. The number of rotatable bonds is 2. The Bertz CT molecular complexity index is 684. The molecule has 0 N–H and O–H groups in total. The molecule has 3 rings (SSSR count). The number of aromatic nitrogens is 3. The zero-order valence-electron chi connectivity index (χ0n) is 9.99. The fraction of sp³-hybridized carbons (Fsp3) is 0. The van der Waals surface area contributed by atoms with E-state index in [0.717, 1.165) is 22.4 Å². The second-order valence-electron chi connectivity index (χ2n) is 4.03. The summed E-state index contributed by atoms with van der Waals surface area (Å²) >= 11 is 6.32. The average Bonchev–Trinajstić information content (AvgIpc) is 2.49. The van der Waals surface area contributed by atoms with Crippen LogP contribution in [-0.4, -0.2) is 15.0 Å². The van der Waals surface area contributed by atoms with Crippen LogP contribution in [0.25, 0.3) is 22.4 Å². The Morgan fingerprint density at radius 2 is 1.32 bits per heavy atom. The van der Waals surface area contributed by atoms with Crippen molar-refractivity contribution < 1.29 is 0 Å². The lowest BCUT2D eigenvalue weighted by atomic mass is 10.1. The highest BCUT2D eigenvalue weighted by Crippen LogP contribution is 2.29. The first-order valence-electron chi connectivity index (χ1n) is 5.81. The minimum absolute atomic E-state index is 0.625. The van der Waals surface area contributed by atoms with Gasteiger partial charge in [0.05, 0.1) is 10.7 Å². The standard InChI is InChI=1S/C15H10ClN3/c16-14-9-13(11-1-5-17-6-2-11)10-19-15(14)12-3-7-18-8-4-12/h1-10H. The van der Waals surface area contributed by atoms with Gasteiger partial charge in [0.25, 0.3) is 0 Å². The van der Waals surface area contributed by atoms with E-state index >= 15 is 0 Å². The Labute approximate surface area is 116 Å². The van der Waals surface area contributed by atoms with E-state index in [4.69, 9.17) is 11.6 Å². The van der Waals surface area contributed by atoms with E-state index in [1.54, 1.807) is 24.8 Å². The third kappa shape index (κ3) is 2.46. The second kappa shape index (κ2) is 5.16. The SMILES string of the molecule is Clc1cc(-c2ccncc2)cnc1-c1ccncc1. The first-order chi connectivity index (χ1) is 9.34. The second-order valence-corrected chi connectivity index (χ2v) is 4.43. The Morgan fingerprint density at radius 3 is 1.89 bits per heavy atom. The monoisotopic (exact) mass is 267 g/mol. The van der Waals surface area contributed by atoms with E-state index in [2.05, 4.69) is 15.0 Å². The van der Waals surface area contributed by atoms with Crippen LogP contribution >= 0.6 is 11.6 Å². The Hall–Kier alpha value is -2.26. The van der Waals surface area contributed by atoms with Gasteiger partial charge in [-0.05, 0) is 35.9 Å². The maximum absolute atomic E-state index is 6.32. The zero-order chi connectivity index (χ0) is 13.1. The molecule has 4 heteroatoms. The molecule has 0 aliphatic carbocycles. The van der Waals surface area contributed by atoms with Crippen molar-refractivity contribution in [3.63, 3.8) is 0 Å². The van der Waals surface area contributed by atoms with Crippen LogP contribution in [0.2, 0.25) is 5.02 Å². The quantitative estimate of drug-likeness (QED) is 0.708. The normalized spacial score (nSPS) is 10.4. The minimum Gasteiger partial charge on any atom is -0.265 e. The van der Waals surface area contributed by atoms with Gasteiger partial charge < -0.3 is 0 Å². The molecule has 3 heterocycles. The maximum atomic E-state index is 6.32. The van der Waals surface area contributed by atoms with Crippen molar-refractivity contribution in [2.45, 2.75) is 0 Å². The van der Waals surface area contributed by atoms with Gasteiger partial charge in [0.1, 0.15) is 0 Å². The van der Waals surface area contributed by atoms with Crippen LogP contribution < -0.4 is 0 Å². The average molecular weight is 268 g/mol. The van der Waals surface area contributed by atoms with E-state index in [0.29, 0.717) is 5.02 Å². The van der Waals surface area contributed by atoms with Gasteiger partial charge in [-0.3, -0.25) is 15.0 Å². The van der Waals surface area contributed by atoms with Crippen LogP contribution in [-0.2, 0) is 0 Å². The Morgan fingerprint density at radius 1 is 0.737 bits per heavy atom.